The monoisotopic (exact) mass is 632 g/mol. The summed E-state index contributed by atoms with van der Waals surface area (Å²) in [4.78, 5) is 33.9. The van der Waals surface area contributed by atoms with Crippen LogP contribution in [0, 0.1) is 23.7 Å². The molecule has 0 aliphatic heterocycles. The number of hydrogen-bond donors (Lipinski definition) is 2. The summed E-state index contributed by atoms with van der Waals surface area (Å²) >= 11 is 0. The Morgan fingerprint density at radius 2 is 0.978 bits per heavy atom. The van der Waals surface area contributed by atoms with Crippen LogP contribution in [0.15, 0.2) is 9.98 Å². The smallest absolute Gasteiger partial charge is 0.407 e. The summed E-state index contributed by atoms with van der Waals surface area (Å²) in [6.45, 7) is 1.44. The Labute approximate surface area is 271 Å². The third-order valence-corrected chi connectivity index (χ3v) is 10.6. The number of aliphatic imine (C=N–C) groups is 2. The largest absolute Gasteiger partial charge is 0.447 e. The lowest BCUT2D eigenvalue weighted by molar-refractivity contribution is 0.0930. The van der Waals surface area contributed by atoms with Gasteiger partial charge in [-0.25, -0.2) is 19.6 Å². The number of nitrogens with zero attached hydrogens (tertiary/aromatic N) is 2. The number of rotatable bonds is 14. The van der Waals surface area contributed by atoms with E-state index in [2.05, 4.69) is 16.6 Å². The van der Waals surface area contributed by atoms with Crippen molar-refractivity contribution < 1.29 is 28.5 Å². The normalized spacial score (nSPS) is 32.0. The van der Waals surface area contributed by atoms with Gasteiger partial charge in [0.1, 0.15) is 13.2 Å². The predicted octanol–water partition coefficient (Wildman–Crippen LogP) is 6.92. The first-order valence-electron chi connectivity index (χ1n) is 18.0. The molecule has 4 aliphatic carbocycles. The molecule has 4 aliphatic rings. The Morgan fingerprint density at radius 3 is 1.40 bits per heavy atom. The molecule has 0 radical (unpaired) electrons. The highest BCUT2D eigenvalue weighted by atomic mass is 16.6. The van der Waals surface area contributed by atoms with Crippen molar-refractivity contribution in [1.82, 2.24) is 10.6 Å². The minimum atomic E-state index is -0.318. The summed E-state index contributed by atoms with van der Waals surface area (Å²) in [5.41, 5.74) is 0. The molecular formula is C35H60N4O6. The summed E-state index contributed by atoms with van der Waals surface area (Å²) < 4.78 is 20.3. The third kappa shape index (κ3) is 13.6. The Kier molecular flexibility index (Phi) is 16.0. The molecule has 8 unspecified atom stereocenters. The van der Waals surface area contributed by atoms with Crippen molar-refractivity contribution in [3.63, 3.8) is 0 Å². The molecule has 45 heavy (non-hydrogen) atoms. The van der Waals surface area contributed by atoms with Crippen molar-refractivity contribution in [1.29, 1.82) is 0 Å². The Balaban J connectivity index is 1.15. The van der Waals surface area contributed by atoms with E-state index in [1.165, 1.54) is 64.2 Å². The van der Waals surface area contributed by atoms with Crippen LogP contribution in [-0.2, 0) is 18.9 Å². The number of alkyl carbamates (subject to hydrolysis) is 2. The Bertz CT molecular complexity index is 873. The van der Waals surface area contributed by atoms with Crippen molar-refractivity contribution in [2.45, 2.75) is 140 Å². The molecule has 0 bridgehead atoms. The Morgan fingerprint density at radius 1 is 0.578 bits per heavy atom. The zero-order chi connectivity index (χ0) is 31.7. The molecule has 2 N–H and O–H groups in total. The van der Waals surface area contributed by atoms with E-state index in [1.54, 1.807) is 14.2 Å². The van der Waals surface area contributed by atoms with E-state index in [4.69, 9.17) is 28.9 Å². The van der Waals surface area contributed by atoms with Gasteiger partial charge in [-0.2, -0.15) is 0 Å². The van der Waals surface area contributed by atoms with E-state index in [-0.39, 0.29) is 24.3 Å². The maximum Gasteiger partial charge on any atom is 0.407 e. The Hall–Kier alpha value is -2.16. The van der Waals surface area contributed by atoms with Crippen molar-refractivity contribution in [3.8, 4) is 0 Å². The zero-order valence-electron chi connectivity index (χ0n) is 28.0. The summed E-state index contributed by atoms with van der Waals surface area (Å²) in [5, 5.41) is 6.15. The number of carbonyl (C=O) groups is 2. The van der Waals surface area contributed by atoms with Gasteiger partial charge < -0.3 is 29.6 Å². The van der Waals surface area contributed by atoms with Gasteiger partial charge in [0.15, 0.2) is 0 Å². The molecule has 10 heteroatoms. The molecule has 0 spiro atoms. The van der Waals surface area contributed by atoms with Crippen LogP contribution in [0.3, 0.4) is 0 Å². The topological polar surface area (TPSA) is 120 Å². The average Bonchev–Trinajstić information content (AvgIpc) is 3.02. The lowest BCUT2D eigenvalue weighted by Crippen LogP contribution is -2.39. The fraction of sp³-hybridized carbons (Fsp3) is 0.914. The quantitative estimate of drug-likeness (QED) is 0.158. The highest BCUT2D eigenvalue weighted by Crippen LogP contribution is 2.38. The number of amides is 2. The SMILES string of the molecule is COCCOC(=O)NC1CCCC(CC2CCCC(N=C=NC3CCCC(CC4CCCC(NC(=O)OCCOC)C4)C3)C2)C1. The van der Waals surface area contributed by atoms with E-state index in [1.807, 2.05) is 0 Å². The zero-order valence-corrected chi connectivity index (χ0v) is 28.0. The molecule has 4 saturated carbocycles. The molecule has 0 aromatic heterocycles. The number of nitrogens with one attached hydrogen (secondary N) is 2. The van der Waals surface area contributed by atoms with Gasteiger partial charge >= 0.3 is 12.2 Å². The molecule has 4 fully saturated rings. The van der Waals surface area contributed by atoms with Gasteiger partial charge in [0, 0.05) is 26.3 Å². The summed E-state index contributed by atoms with van der Waals surface area (Å²) in [7, 11) is 3.21. The minimum absolute atomic E-state index is 0.217. The van der Waals surface area contributed by atoms with Crippen LogP contribution in [0.5, 0.6) is 0 Å². The van der Waals surface area contributed by atoms with Crippen LogP contribution in [0.25, 0.3) is 0 Å². The molecule has 2 amide bonds. The molecule has 0 aromatic carbocycles. The fourth-order valence-electron chi connectivity index (χ4n) is 8.45. The molecule has 0 aromatic rings. The maximum absolute atomic E-state index is 12.1. The van der Waals surface area contributed by atoms with Crippen LogP contribution < -0.4 is 10.6 Å². The molecule has 4 rings (SSSR count). The number of hydrogen-bond acceptors (Lipinski definition) is 8. The van der Waals surface area contributed by atoms with Crippen LogP contribution >= 0.6 is 0 Å². The average molecular weight is 633 g/mol. The number of ether oxygens (including phenoxy) is 4. The lowest BCUT2D eigenvalue weighted by atomic mass is 9.75. The molecular weight excluding hydrogens is 572 g/mol. The summed E-state index contributed by atoms with van der Waals surface area (Å²) in [6.07, 6.45) is 20.4. The van der Waals surface area contributed by atoms with E-state index < -0.39 is 0 Å². The fourth-order valence-corrected chi connectivity index (χ4v) is 8.45. The third-order valence-electron chi connectivity index (χ3n) is 10.6. The van der Waals surface area contributed by atoms with Gasteiger partial charge in [-0.05, 0) is 87.9 Å². The van der Waals surface area contributed by atoms with Crippen molar-refractivity contribution >= 4 is 18.2 Å². The van der Waals surface area contributed by atoms with Gasteiger partial charge in [0.05, 0.1) is 31.3 Å². The lowest BCUT2D eigenvalue weighted by Gasteiger charge is -2.34. The van der Waals surface area contributed by atoms with Gasteiger partial charge in [0.2, 0.25) is 0 Å². The highest BCUT2D eigenvalue weighted by molar-refractivity contribution is 5.67. The van der Waals surface area contributed by atoms with Gasteiger partial charge in [-0.1, -0.05) is 51.4 Å². The summed E-state index contributed by atoms with van der Waals surface area (Å²) in [6, 6.07) is 4.30. The van der Waals surface area contributed by atoms with Crippen LogP contribution in [-0.4, -0.2) is 83.0 Å². The van der Waals surface area contributed by atoms with Crippen molar-refractivity contribution in [2.75, 3.05) is 40.6 Å². The van der Waals surface area contributed by atoms with Crippen LogP contribution in [0.4, 0.5) is 9.59 Å². The molecule has 10 nitrogen and oxygen atoms in total. The molecule has 256 valence electrons. The van der Waals surface area contributed by atoms with Gasteiger partial charge in [0.25, 0.3) is 0 Å². The predicted molar refractivity (Wildman–Crippen MR) is 175 cm³/mol. The van der Waals surface area contributed by atoms with Crippen molar-refractivity contribution in [2.24, 2.45) is 33.7 Å². The van der Waals surface area contributed by atoms with E-state index in [9.17, 15) is 9.59 Å². The number of carbonyl (C=O) groups excluding carboxylic acids is 2. The maximum atomic E-state index is 12.1. The highest BCUT2D eigenvalue weighted by Gasteiger charge is 2.30. The number of methoxy groups -OCH3 is 2. The molecule has 0 heterocycles. The second-order valence-corrected chi connectivity index (χ2v) is 14.2. The minimum Gasteiger partial charge on any atom is -0.447 e. The van der Waals surface area contributed by atoms with Gasteiger partial charge in [-0.15, -0.1) is 0 Å². The van der Waals surface area contributed by atoms with Crippen LogP contribution in [0.2, 0.25) is 0 Å². The first-order chi connectivity index (χ1) is 22.0. The molecule has 0 saturated heterocycles. The van der Waals surface area contributed by atoms with Crippen LogP contribution in [0.1, 0.15) is 116 Å². The second-order valence-electron chi connectivity index (χ2n) is 14.2. The standard InChI is InChI=1S/C35H60N4O6/c1-42-15-17-44-34(40)38-32-13-5-9-28(23-32)19-26-7-3-11-30(21-26)36-25-37-31-12-4-8-27(22-31)20-29-10-6-14-33(24-29)39-35(41)45-18-16-43-2/h26-33H,3-24H2,1-2H3,(H,38,40)(H,39,41). The second kappa shape index (κ2) is 20.2. The van der Waals surface area contributed by atoms with E-state index >= 15 is 0 Å². The first-order valence-corrected chi connectivity index (χ1v) is 18.0. The van der Waals surface area contributed by atoms with Gasteiger partial charge in [-0.3, -0.25) is 0 Å². The molecule has 8 atom stereocenters. The van der Waals surface area contributed by atoms with E-state index in [0.717, 1.165) is 51.4 Å². The van der Waals surface area contributed by atoms with E-state index in [0.29, 0.717) is 62.2 Å². The first kappa shape index (κ1) is 35.7. The summed E-state index contributed by atoms with van der Waals surface area (Å²) in [5.74, 6) is 2.72. The van der Waals surface area contributed by atoms with Crippen molar-refractivity contribution in [3.05, 3.63) is 0 Å².